The Morgan fingerprint density at radius 1 is 1.05 bits per heavy atom. The van der Waals surface area contributed by atoms with Gasteiger partial charge in [0.25, 0.3) is 0 Å². The van der Waals surface area contributed by atoms with Crippen LogP contribution in [0, 0.1) is 5.92 Å². The number of carbonyl (C=O) groups excluding carboxylic acids is 2. The molecule has 0 fully saturated rings. The number of amides is 2. The molecule has 4 aromatic rings. The molecule has 1 N–H and O–H groups in total. The van der Waals surface area contributed by atoms with Gasteiger partial charge in [-0.25, -0.2) is 4.68 Å². The molecule has 0 aliphatic carbocycles. The second-order valence-corrected chi connectivity index (χ2v) is 9.35. The summed E-state index contributed by atoms with van der Waals surface area (Å²) in [5, 5.41) is 11.3. The van der Waals surface area contributed by atoms with Crippen molar-refractivity contribution >= 4 is 28.5 Å². The lowest BCUT2D eigenvalue weighted by atomic mass is 10.00. The van der Waals surface area contributed by atoms with Crippen molar-refractivity contribution in [2.75, 3.05) is 19.2 Å². The molecule has 0 radical (unpaired) electrons. The number of nitrogens with zero attached hydrogens (tertiary/aromatic N) is 4. The van der Waals surface area contributed by atoms with Crippen LogP contribution in [0.15, 0.2) is 66.7 Å². The third-order valence-electron chi connectivity index (χ3n) is 6.41. The Morgan fingerprint density at radius 2 is 1.82 bits per heavy atom. The number of hydrogen-bond acceptors (Lipinski definition) is 7. The number of fused-ring (bicyclic) bond motifs is 2. The molecule has 0 saturated heterocycles. The van der Waals surface area contributed by atoms with Crippen molar-refractivity contribution in [3.8, 4) is 17.2 Å². The van der Waals surface area contributed by atoms with E-state index in [0.29, 0.717) is 28.5 Å². The number of carbonyl (C=O) groups is 2. The quantitative estimate of drug-likeness (QED) is 0.361. The van der Waals surface area contributed by atoms with Crippen molar-refractivity contribution in [2.24, 2.45) is 5.92 Å². The fourth-order valence-electron chi connectivity index (χ4n) is 4.52. The predicted molar refractivity (Wildman–Crippen MR) is 141 cm³/mol. The van der Waals surface area contributed by atoms with Crippen LogP contribution in [-0.4, -0.2) is 51.7 Å². The lowest BCUT2D eigenvalue weighted by Gasteiger charge is -2.33. The summed E-state index contributed by atoms with van der Waals surface area (Å²) in [4.78, 5) is 29.1. The van der Waals surface area contributed by atoms with E-state index in [1.807, 2.05) is 62.4 Å². The molecule has 0 spiro atoms. The SMILES string of the molecule is COc1ccc(CN(C(=O)Cn2nnc3ccccc32)C(C(=O)Nc2ccc3c(c2)OCO3)C(C)C)cc1. The number of methoxy groups -OCH3 is 1. The van der Waals surface area contributed by atoms with Crippen LogP contribution in [0.4, 0.5) is 5.69 Å². The van der Waals surface area contributed by atoms with Crippen molar-refractivity contribution in [1.29, 1.82) is 0 Å². The largest absolute Gasteiger partial charge is 0.497 e. The van der Waals surface area contributed by atoms with Gasteiger partial charge in [0, 0.05) is 18.3 Å². The molecule has 38 heavy (non-hydrogen) atoms. The molecule has 1 unspecified atom stereocenters. The first-order valence-corrected chi connectivity index (χ1v) is 12.3. The van der Waals surface area contributed by atoms with E-state index in [0.717, 1.165) is 11.1 Å². The molecule has 10 nitrogen and oxygen atoms in total. The summed E-state index contributed by atoms with van der Waals surface area (Å²) in [6.45, 7) is 4.15. The number of anilines is 1. The number of aromatic nitrogens is 3. The van der Waals surface area contributed by atoms with Gasteiger partial charge in [-0.2, -0.15) is 0 Å². The number of benzene rings is 3. The first-order valence-electron chi connectivity index (χ1n) is 12.3. The molecule has 1 aliphatic rings. The summed E-state index contributed by atoms with van der Waals surface area (Å²) < 4.78 is 17.6. The maximum absolute atomic E-state index is 13.8. The molecule has 3 aromatic carbocycles. The zero-order chi connectivity index (χ0) is 26.6. The van der Waals surface area contributed by atoms with E-state index >= 15 is 0 Å². The molecule has 10 heteroatoms. The standard InChI is InChI=1S/C28H29N5O5/c1-18(2)27(28(35)29-20-10-13-24-25(14-20)38-17-37-24)32(15-19-8-11-21(36-3)12-9-19)26(34)16-33-23-7-5-4-6-22(23)30-31-33/h4-14,18,27H,15-17H2,1-3H3,(H,29,35). The Hall–Kier alpha value is -4.60. The molecular formula is C28H29N5O5. The van der Waals surface area contributed by atoms with Gasteiger partial charge < -0.3 is 24.4 Å². The number of ether oxygens (including phenoxy) is 3. The van der Waals surface area contributed by atoms with Gasteiger partial charge in [0.1, 0.15) is 23.9 Å². The summed E-state index contributed by atoms with van der Waals surface area (Å²) >= 11 is 0. The number of rotatable bonds is 9. The van der Waals surface area contributed by atoms with Crippen LogP contribution in [0.2, 0.25) is 0 Å². The lowest BCUT2D eigenvalue weighted by Crippen LogP contribution is -2.50. The molecule has 1 aromatic heterocycles. The Bertz CT molecular complexity index is 1450. The lowest BCUT2D eigenvalue weighted by molar-refractivity contribution is -0.141. The zero-order valence-electron chi connectivity index (χ0n) is 21.5. The van der Waals surface area contributed by atoms with Gasteiger partial charge >= 0.3 is 0 Å². The van der Waals surface area contributed by atoms with Gasteiger partial charge in [0.05, 0.1) is 12.6 Å². The minimum Gasteiger partial charge on any atom is -0.497 e. The molecule has 1 atom stereocenters. The van der Waals surface area contributed by atoms with Gasteiger partial charge in [-0.15, -0.1) is 5.10 Å². The molecule has 2 amide bonds. The van der Waals surface area contributed by atoms with E-state index in [2.05, 4.69) is 15.6 Å². The van der Waals surface area contributed by atoms with E-state index < -0.39 is 6.04 Å². The molecule has 2 heterocycles. The molecule has 1 aliphatic heterocycles. The highest BCUT2D eigenvalue weighted by molar-refractivity contribution is 5.97. The highest BCUT2D eigenvalue weighted by Gasteiger charge is 2.33. The highest BCUT2D eigenvalue weighted by Crippen LogP contribution is 2.34. The number of hydrogen-bond donors (Lipinski definition) is 1. The van der Waals surface area contributed by atoms with E-state index in [1.165, 1.54) is 0 Å². The fraction of sp³-hybridized carbons (Fsp3) is 0.286. The van der Waals surface area contributed by atoms with Crippen molar-refractivity contribution in [3.05, 3.63) is 72.3 Å². The van der Waals surface area contributed by atoms with Gasteiger partial charge in [0.2, 0.25) is 18.6 Å². The summed E-state index contributed by atoms with van der Waals surface area (Å²) in [5.74, 6) is 1.16. The summed E-state index contributed by atoms with van der Waals surface area (Å²) in [5.41, 5.74) is 2.87. The van der Waals surface area contributed by atoms with E-state index in [-0.39, 0.29) is 37.6 Å². The van der Waals surface area contributed by atoms with Crippen molar-refractivity contribution < 1.29 is 23.8 Å². The number of para-hydroxylation sites is 1. The Balaban J connectivity index is 1.44. The van der Waals surface area contributed by atoms with Gasteiger partial charge in [-0.05, 0) is 47.9 Å². The highest BCUT2D eigenvalue weighted by atomic mass is 16.7. The number of nitrogens with one attached hydrogen (secondary N) is 1. The van der Waals surface area contributed by atoms with Gasteiger partial charge in [-0.1, -0.05) is 43.3 Å². The topological polar surface area (TPSA) is 108 Å². The molecule has 5 rings (SSSR count). The molecule has 196 valence electrons. The smallest absolute Gasteiger partial charge is 0.247 e. The van der Waals surface area contributed by atoms with E-state index in [4.69, 9.17) is 14.2 Å². The molecule has 0 bridgehead atoms. The van der Waals surface area contributed by atoms with E-state index in [9.17, 15) is 9.59 Å². The third kappa shape index (κ3) is 5.24. The van der Waals surface area contributed by atoms with Crippen LogP contribution >= 0.6 is 0 Å². The summed E-state index contributed by atoms with van der Waals surface area (Å²) in [6, 6.07) is 19.3. The van der Waals surface area contributed by atoms with Crippen molar-refractivity contribution in [3.63, 3.8) is 0 Å². The third-order valence-corrected chi connectivity index (χ3v) is 6.41. The van der Waals surface area contributed by atoms with Crippen LogP contribution in [0.3, 0.4) is 0 Å². The maximum atomic E-state index is 13.8. The average Bonchev–Trinajstić information content (AvgIpc) is 3.55. The normalized spacial score (nSPS) is 12.9. The monoisotopic (exact) mass is 515 g/mol. The zero-order valence-corrected chi connectivity index (χ0v) is 21.5. The first-order chi connectivity index (χ1) is 18.4. The predicted octanol–water partition coefficient (Wildman–Crippen LogP) is 3.86. The minimum atomic E-state index is -0.759. The van der Waals surface area contributed by atoms with Crippen LogP contribution in [0.5, 0.6) is 17.2 Å². The van der Waals surface area contributed by atoms with E-state index in [1.54, 1.807) is 34.9 Å². The van der Waals surface area contributed by atoms with Crippen LogP contribution in [0.25, 0.3) is 11.0 Å². The molecule has 0 saturated carbocycles. The Morgan fingerprint density at radius 3 is 2.58 bits per heavy atom. The molecular weight excluding hydrogens is 486 g/mol. The second kappa shape index (κ2) is 10.8. The van der Waals surface area contributed by atoms with Crippen molar-refractivity contribution in [2.45, 2.75) is 33.0 Å². The van der Waals surface area contributed by atoms with Crippen LogP contribution in [0.1, 0.15) is 19.4 Å². The van der Waals surface area contributed by atoms with Crippen molar-refractivity contribution in [1.82, 2.24) is 19.9 Å². The van der Waals surface area contributed by atoms with Gasteiger partial charge in [-0.3, -0.25) is 9.59 Å². The summed E-state index contributed by atoms with van der Waals surface area (Å²) in [7, 11) is 1.60. The minimum absolute atomic E-state index is 0.0583. The second-order valence-electron chi connectivity index (χ2n) is 9.35. The Kier molecular flexibility index (Phi) is 7.12. The maximum Gasteiger partial charge on any atom is 0.247 e. The van der Waals surface area contributed by atoms with Crippen LogP contribution < -0.4 is 19.5 Å². The fourth-order valence-corrected chi connectivity index (χ4v) is 4.52. The summed E-state index contributed by atoms with van der Waals surface area (Å²) in [6.07, 6.45) is 0. The average molecular weight is 516 g/mol. The Labute approximate surface area is 220 Å². The van der Waals surface area contributed by atoms with Gasteiger partial charge in [0.15, 0.2) is 11.5 Å². The van der Waals surface area contributed by atoms with Crippen LogP contribution in [-0.2, 0) is 22.7 Å². The first kappa shape index (κ1) is 25.1.